The van der Waals surface area contributed by atoms with Crippen LogP contribution in [-0.2, 0) is 4.79 Å². The molecule has 2 unspecified atom stereocenters. The van der Waals surface area contributed by atoms with Crippen LogP contribution in [0.15, 0.2) is 24.3 Å². The average Bonchev–Trinajstić information content (AvgIpc) is 3.20. The van der Waals surface area contributed by atoms with Crippen molar-refractivity contribution in [2.24, 2.45) is 11.7 Å². The fourth-order valence-electron chi connectivity index (χ4n) is 2.34. The largest absolute Gasteiger partial charge is 0.352 e. The van der Waals surface area contributed by atoms with Crippen LogP contribution in [0.4, 0.5) is 4.39 Å². The zero-order valence-electron chi connectivity index (χ0n) is 11.2. The first-order chi connectivity index (χ1) is 9.10. The molecule has 1 aliphatic rings. The van der Waals surface area contributed by atoms with Crippen LogP contribution in [0.3, 0.4) is 0 Å². The van der Waals surface area contributed by atoms with Crippen LogP contribution in [-0.4, -0.2) is 18.5 Å². The topological polar surface area (TPSA) is 55.1 Å². The summed E-state index contributed by atoms with van der Waals surface area (Å²) in [4.78, 5) is 12.0. The number of hydrogen-bond acceptors (Lipinski definition) is 2. The lowest BCUT2D eigenvalue weighted by Gasteiger charge is -2.18. The van der Waals surface area contributed by atoms with Gasteiger partial charge in [-0.1, -0.05) is 19.1 Å². The maximum Gasteiger partial charge on any atom is 0.220 e. The molecule has 0 heterocycles. The first-order valence-electron chi connectivity index (χ1n) is 6.85. The van der Waals surface area contributed by atoms with Crippen LogP contribution < -0.4 is 11.1 Å². The maximum atomic E-state index is 13.1. The number of benzene rings is 1. The summed E-state index contributed by atoms with van der Waals surface area (Å²) in [6.07, 6.45) is 2.68. The van der Waals surface area contributed by atoms with Gasteiger partial charge >= 0.3 is 0 Å². The van der Waals surface area contributed by atoms with Crippen LogP contribution in [0, 0.1) is 11.7 Å². The summed E-state index contributed by atoms with van der Waals surface area (Å²) in [6.45, 7) is 2.42. The van der Waals surface area contributed by atoms with E-state index in [1.54, 1.807) is 6.07 Å². The van der Waals surface area contributed by atoms with Crippen LogP contribution >= 0.6 is 0 Å². The molecule has 1 aromatic carbocycles. The average molecular weight is 264 g/mol. The highest BCUT2D eigenvalue weighted by atomic mass is 19.1. The van der Waals surface area contributed by atoms with Crippen molar-refractivity contribution >= 4 is 5.91 Å². The third-order valence-electron chi connectivity index (χ3n) is 3.70. The van der Waals surface area contributed by atoms with E-state index in [4.69, 9.17) is 5.73 Å². The van der Waals surface area contributed by atoms with E-state index in [1.807, 2.05) is 13.0 Å². The van der Waals surface area contributed by atoms with Crippen LogP contribution in [0.1, 0.15) is 37.7 Å². The Kier molecular flexibility index (Phi) is 4.53. The molecule has 1 fully saturated rings. The molecule has 2 rings (SSSR count). The highest BCUT2D eigenvalue weighted by Crippen LogP contribution is 2.32. The van der Waals surface area contributed by atoms with Gasteiger partial charge in [0.15, 0.2) is 0 Å². The number of hydrogen-bond donors (Lipinski definition) is 2. The Balaban J connectivity index is 1.87. The van der Waals surface area contributed by atoms with Crippen LogP contribution in [0.25, 0.3) is 0 Å². The summed E-state index contributed by atoms with van der Waals surface area (Å²) in [5.74, 6) is 0.299. The maximum absolute atomic E-state index is 13.1. The lowest BCUT2D eigenvalue weighted by molar-refractivity contribution is -0.122. The molecule has 0 bridgehead atoms. The first kappa shape index (κ1) is 14.0. The summed E-state index contributed by atoms with van der Waals surface area (Å²) < 4.78 is 13.1. The number of nitrogens with one attached hydrogen (secondary N) is 1. The van der Waals surface area contributed by atoms with E-state index >= 15 is 0 Å². The molecule has 0 radical (unpaired) electrons. The zero-order chi connectivity index (χ0) is 13.8. The van der Waals surface area contributed by atoms with Gasteiger partial charge in [-0.15, -0.1) is 0 Å². The molecule has 3 N–H and O–H groups in total. The third kappa shape index (κ3) is 4.03. The van der Waals surface area contributed by atoms with Crippen molar-refractivity contribution in [1.29, 1.82) is 0 Å². The fourth-order valence-corrected chi connectivity index (χ4v) is 2.34. The number of halogens is 1. The molecular weight excluding hydrogens is 243 g/mol. The smallest absolute Gasteiger partial charge is 0.220 e. The Hall–Kier alpha value is -1.42. The zero-order valence-corrected chi connectivity index (χ0v) is 11.2. The van der Waals surface area contributed by atoms with Crippen molar-refractivity contribution in [3.8, 4) is 0 Å². The minimum absolute atomic E-state index is 0.000823. The van der Waals surface area contributed by atoms with E-state index in [2.05, 4.69) is 5.32 Å². The van der Waals surface area contributed by atoms with Gasteiger partial charge in [-0.25, -0.2) is 4.39 Å². The molecule has 2 atom stereocenters. The van der Waals surface area contributed by atoms with Crippen LogP contribution in [0.5, 0.6) is 0 Å². The molecule has 1 aromatic rings. The minimum atomic E-state index is -0.262. The summed E-state index contributed by atoms with van der Waals surface area (Å²) in [6, 6.07) is 6.52. The second-order valence-electron chi connectivity index (χ2n) is 5.41. The Morgan fingerprint density at radius 3 is 2.84 bits per heavy atom. The quantitative estimate of drug-likeness (QED) is 0.827. The highest BCUT2D eigenvalue weighted by Gasteiger charge is 2.31. The van der Waals surface area contributed by atoms with Crippen LogP contribution in [0.2, 0.25) is 0 Å². The van der Waals surface area contributed by atoms with Crippen molar-refractivity contribution in [2.75, 3.05) is 6.54 Å². The van der Waals surface area contributed by atoms with Gasteiger partial charge in [0.2, 0.25) is 5.91 Å². The fraction of sp³-hybridized carbons (Fsp3) is 0.533. The van der Waals surface area contributed by atoms with E-state index in [1.165, 1.54) is 12.1 Å². The monoisotopic (exact) mass is 264 g/mol. The van der Waals surface area contributed by atoms with E-state index in [0.29, 0.717) is 18.9 Å². The van der Waals surface area contributed by atoms with Gasteiger partial charge in [-0.3, -0.25) is 4.79 Å². The van der Waals surface area contributed by atoms with Gasteiger partial charge in [-0.05, 0) is 42.4 Å². The second-order valence-corrected chi connectivity index (χ2v) is 5.41. The van der Waals surface area contributed by atoms with Crippen molar-refractivity contribution in [2.45, 2.75) is 38.1 Å². The predicted molar refractivity (Wildman–Crippen MR) is 73.1 cm³/mol. The number of carbonyl (C=O) groups excluding carboxylic acids is 1. The van der Waals surface area contributed by atoms with Crippen molar-refractivity contribution in [3.05, 3.63) is 35.6 Å². The van der Waals surface area contributed by atoms with Gasteiger partial charge in [0.1, 0.15) is 5.82 Å². The molecule has 0 saturated heterocycles. The number of rotatable bonds is 6. The normalized spacial score (nSPS) is 17.8. The summed E-state index contributed by atoms with van der Waals surface area (Å²) >= 11 is 0. The first-order valence-corrected chi connectivity index (χ1v) is 6.85. The van der Waals surface area contributed by atoms with Crippen molar-refractivity contribution in [3.63, 3.8) is 0 Å². The summed E-state index contributed by atoms with van der Waals surface area (Å²) in [5, 5.41) is 2.99. The van der Waals surface area contributed by atoms with E-state index < -0.39 is 0 Å². The molecular formula is C15H21FN2O. The molecule has 0 spiro atoms. The number of nitrogens with two attached hydrogens (primary N) is 1. The van der Waals surface area contributed by atoms with Crippen molar-refractivity contribution in [1.82, 2.24) is 5.32 Å². The Bertz CT molecular complexity index is 446. The Labute approximate surface area is 113 Å². The molecule has 104 valence electrons. The lowest BCUT2D eigenvalue weighted by Crippen LogP contribution is -2.42. The standard InChI is InChI=1S/C15H21FN2O/c1-10(12-3-2-4-13(16)8-12)7-15(19)18-14(9-17)11-5-6-11/h2-4,8,10-11,14H,5-7,9,17H2,1H3,(H,18,19). The van der Waals surface area contributed by atoms with Gasteiger partial charge in [0, 0.05) is 19.0 Å². The van der Waals surface area contributed by atoms with E-state index in [-0.39, 0.29) is 23.7 Å². The Morgan fingerprint density at radius 1 is 1.53 bits per heavy atom. The van der Waals surface area contributed by atoms with Gasteiger partial charge in [0.25, 0.3) is 0 Å². The molecule has 3 nitrogen and oxygen atoms in total. The molecule has 19 heavy (non-hydrogen) atoms. The molecule has 1 saturated carbocycles. The molecule has 1 amide bonds. The second kappa shape index (κ2) is 6.15. The van der Waals surface area contributed by atoms with Gasteiger partial charge in [-0.2, -0.15) is 0 Å². The summed E-state index contributed by atoms with van der Waals surface area (Å²) in [7, 11) is 0. The highest BCUT2D eigenvalue weighted by molar-refractivity contribution is 5.77. The Morgan fingerprint density at radius 2 is 2.26 bits per heavy atom. The summed E-state index contributed by atoms with van der Waals surface area (Å²) in [5.41, 5.74) is 6.51. The van der Waals surface area contributed by atoms with Gasteiger partial charge < -0.3 is 11.1 Å². The predicted octanol–water partition coefficient (Wildman–Crippen LogP) is 2.17. The lowest BCUT2D eigenvalue weighted by atomic mass is 9.97. The number of amides is 1. The molecule has 4 heteroatoms. The molecule has 0 aromatic heterocycles. The third-order valence-corrected chi connectivity index (χ3v) is 3.70. The number of carbonyl (C=O) groups is 1. The SMILES string of the molecule is CC(CC(=O)NC(CN)C1CC1)c1cccc(F)c1. The van der Waals surface area contributed by atoms with E-state index in [9.17, 15) is 9.18 Å². The minimum Gasteiger partial charge on any atom is -0.352 e. The van der Waals surface area contributed by atoms with Gasteiger partial charge in [0.05, 0.1) is 0 Å². The molecule has 1 aliphatic carbocycles. The van der Waals surface area contributed by atoms with E-state index in [0.717, 1.165) is 18.4 Å². The molecule has 0 aliphatic heterocycles. The van der Waals surface area contributed by atoms with Crippen molar-refractivity contribution < 1.29 is 9.18 Å².